The quantitative estimate of drug-likeness (QED) is 0.414. The molecule has 0 atom stereocenters. The minimum Gasteiger partial charge on any atom is -0.339 e. The first-order valence-corrected chi connectivity index (χ1v) is 11.4. The van der Waals surface area contributed by atoms with E-state index in [-0.39, 0.29) is 5.13 Å². The van der Waals surface area contributed by atoms with Crippen LogP contribution in [0.3, 0.4) is 0 Å². The Kier molecular flexibility index (Phi) is 5.71. The number of anilines is 3. The van der Waals surface area contributed by atoms with Crippen molar-refractivity contribution in [3.8, 4) is 0 Å². The molecule has 0 fully saturated rings. The van der Waals surface area contributed by atoms with E-state index < -0.39 is 20.7 Å². The van der Waals surface area contributed by atoms with E-state index in [4.69, 9.17) is 11.6 Å². The Morgan fingerprint density at radius 1 is 1.13 bits per heavy atom. The van der Waals surface area contributed by atoms with Crippen molar-refractivity contribution < 1.29 is 12.8 Å². The molecule has 0 bridgehead atoms. The number of nitrogens with zero attached hydrogens (tertiary/aromatic N) is 3. The molecule has 0 aliphatic carbocycles. The van der Waals surface area contributed by atoms with Crippen LogP contribution in [0.15, 0.2) is 71.2 Å². The van der Waals surface area contributed by atoms with Gasteiger partial charge >= 0.3 is 0 Å². The highest BCUT2D eigenvalue weighted by atomic mass is 35.5. The molecule has 0 saturated carbocycles. The highest BCUT2D eigenvalue weighted by Gasteiger charge is 2.20. The Balaban J connectivity index is 1.46. The Bertz CT molecular complexity index is 1260. The van der Waals surface area contributed by atoms with E-state index in [9.17, 15) is 12.8 Å². The predicted molar refractivity (Wildman–Crippen MR) is 115 cm³/mol. The van der Waals surface area contributed by atoms with Gasteiger partial charge in [-0.05, 0) is 35.9 Å². The number of halogens is 2. The van der Waals surface area contributed by atoms with Crippen LogP contribution in [-0.4, -0.2) is 23.2 Å². The lowest BCUT2D eigenvalue weighted by molar-refractivity contribution is 0.570. The summed E-state index contributed by atoms with van der Waals surface area (Å²) in [6, 6.07) is 12.9. The number of aromatic nitrogens is 3. The Morgan fingerprint density at radius 2 is 1.93 bits per heavy atom. The maximum Gasteiger partial charge on any atom is 0.266 e. The summed E-state index contributed by atoms with van der Waals surface area (Å²) in [5, 5.41) is 9.80. The lowest BCUT2D eigenvalue weighted by atomic mass is 10.2. The SMILES string of the molecule is O=S(=O)(Nc1nccs1)c1ccc(Nc2ccn(Cc3ccc(Cl)cc3)n2)cc1F. The Labute approximate surface area is 181 Å². The van der Waals surface area contributed by atoms with E-state index in [0.717, 1.165) is 23.0 Å². The van der Waals surface area contributed by atoms with Gasteiger partial charge in [0.2, 0.25) is 0 Å². The number of benzene rings is 2. The molecule has 2 heterocycles. The smallest absolute Gasteiger partial charge is 0.266 e. The number of thiazole rings is 1. The minimum atomic E-state index is -4.07. The molecule has 2 N–H and O–H groups in total. The second kappa shape index (κ2) is 8.42. The van der Waals surface area contributed by atoms with Crippen molar-refractivity contribution in [2.75, 3.05) is 10.0 Å². The van der Waals surface area contributed by atoms with Crippen LogP contribution in [0.1, 0.15) is 5.56 Å². The number of rotatable bonds is 7. The fraction of sp³-hybridized carbons (Fsp3) is 0.0526. The molecule has 0 aliphatic rings. The highest BCUT2D eigenvalue weighted by Crippen LogP contribution is 2.24. The first-order valence-electron chi connectivity index (χ1n) is 8.66. The normalized spacial score (nSPS) is 11.4. The molecule has 0 amide bonds. The van der Waals surface area contributed by atoms with Crippen LogP contribution < -0.4 is 10.0 Å². The van der Waals surface area contributed by atoms with Gasteiger partial charge in [0.15, 0.2) is 10.9 Å². The molecule has 11 heteroatoms. The van der Waals surface area contributed by atoms with Crippen LogP contribution in [0, 0.1) is 5.82 Å². The van der Waals surface area contributed by atoms with E-state index in [2.05, 4.69) is 20.1 Å². The van der Waals surface area contributed by atoms with Gasteiger partial charge in [-0.2, -0.15) is 5.10 Å². The maximum absolute atomic E-state index is 14.5. The van der Waals surface area contributed by atoms with Gasteiger partial charge in [-0.15, -0.1) is 11.3 Å². The number of hydrogen-bond acceptors (Lipinski definition) is 6. The zero-order valence-electron chi connectivity index (χ0n) is 15.3. The van der Waals surface area contributed by atoms with E-state index >= 15 is 0 Å². The Hall–Kier alpha value is -2.95. The molecule has 0 spiro atoms. The van der Waals surface area contributed by atoms with Crippen LogP contribution in [-0.2, 0) is 16.6 Å². The van der Waals surface area contributed by atoms with E-state index in [0.29, 0.717) is 23.1 Å². The summed E-state index contributed by atoms with van der Waals surface area (Å²) >= 11 is 6.99. The molecule has 0 unspecified atom stereocenters. The number of nitrogens with one attached hydrogen (secondary N) is 2. The van der Waals surface area contributed by atoms with Gasteiger partial charge in [-0.1, -0.05) is 23.7 Å². The molecule has 2 aromatic carbocycles. The van der Waals surface area contributed by atoms with Crippen molar-refractivity contribution in [3.05, 3.63) is 82.7 Å². The van der Waals surface area contributed by atoms with Gasteiger partial charge in [0.1, 0.15) is 10.7 Å². The predicted octanol–water partition coefficient (Wildman–Crippen LogP) is 4.72. The third-order valence-corrected chi connectivity index (χ3v) is 6.49. The third kappa shape index (κ3) is 4.78. The lowest BCUT2D eigenvalue weighted by Gasteiger charge is -2.09. The molecule has 0 aliphatic heterocycles. The first kappa shape index (κ1) is 20.3. The minimum absolute atomic E-state index is 0.169. The van der Waals surface area contributed by atoms with Crippen molar-refractivity contribution >= 4 is 49.6 Å². The van der Waals surface area contributed by atoms with Crippen LogP contribution in [0.5, 0.6) is 0 Å². The molecule has 2 aromatic heterocycles. The van der Waals surface area contributed by atoms with Gasteiger partial charge in [0.25, 0.3) is 10.0 Å². The monoisotopic (exact) mass is 463 g/mol. The second-order valence-corrected chi connectivity index (χ2v) is 9.22. The second-order valence-electron chi connectivity index (χ2n) is 6.24. The van der Waals surface area contributed by atoms with E-state index in [1.165, 1.54) is 18.3 Å². The van der Waals surface area contributed by atoms with Crippen molar-refractivity contribution in [2.45, 2.75) is 11.4 Å². The summed E-state index contributed by atoms with van der Waals surface area (Å²) in [4.78, 5) is 3.38. The van der Waals surface area contributed by atoms with Crippen molar-refractivity contribution in [1.82, 2.24) is 14.8 Å². The molecule has 154 valence electrons. The average molecular weight is 464 g/mol. The molecule has 30 heavy (non-hydrogen) atoms. The van der Waals surface area contributed by atoms with Crippen molar-refractivity contribution in [3.63, 3.8) is 0 Å². The van der Waals surface area contributed by atoms with E-state index in [1.807, 2.05) is 12.1 Å². The number of sulfonamides is 1. The van der Waals surface area contributed by atoms with Gasteiger partial charge in [0, 0.05) is 34.6 Å². The molecular weight excluding hydrogens is 449 g/mol. The van der Waals surface area contributed by atoms with Crippen LogP contribution in [0.2, 0.25) is 5.02 Å². The zero-order valence-corrected chi connectivity index (χ0v) is 17.7. The summed E-state index contributed by atoms with van der Waals surface area (Å²) in [5.41, 5.74) is 1.40. The molecular formula is C19H15ClFN5O2S2. The van der Waals surface area contributed by atoms with Gasteiger partial charge in [-0.25, -0.2) is 17.8 Å². The topological polar surface area (TPSA) is 88.9 Å². The molecule has 0 saturated heterocycles. The summed E-state index contributed by atoms with van der Waals surface area (Å²) in [6.07, 6.45) is 3.24. The van der Waals surface area contributed by atoms with E-state index in [1.54, 1.807) is 34.5 Å². The van der Waals surface area contributed by atoms with Crippen molar-refractivity contribution in [2.24, 2.45) is 0 Å². The van der Waals surface area contributed by atoms with Gasteiger partial charge in [-0.3, -0.25) is 9.40 Å². The van der Waals surface area contributed by atoms with Crippen LogP contribution >= 0.6 is 22.9 Å². The summed E-state index contributed by atoms with van der Waals surface area (Å²) in [5.74, 6) is -0.385. The average Bonchev–Trinajstić information content (AvgIpc) is 3.35. The summed E-state index contributed by atoms with van der Waals surface area (Å²) < 4.78 is 43.2. The molecule has 0 radical (unpaired) electrons. The van der Waals surface area contributed by atoms with Crippen LogP contribution in [0.25, 0.3) is 0 Å². The fourth-order valence-corrected chi connectivity index (χ4v) is 4.66. The third-order valence-electron chi connectivity index (χ3n) is 4.05. The van der Waals surface area contributed by atoms with Crippen LogP contribution in [0.4, 0.5) is 21.0 Å². The standard InChI is InChI=1S/C19H15ClFN5O2S2/c20-14-3-1-13(2-4-14)12-26-9-7-18(24-26)23-15-5-6-17(16(21)11-15)30(27,28)25-19-22-8-10-29-19/h1-11H,12H2,(H,22,25)(H,23,24). The number of hydrogen-bond donors (Lipinski definition) is 2. The largest absolute Gasteiger partial charge is 0.339 e. The molecule has 4 aromatic rings. The fourth-order valence-electron chi connectivity index (χ4n) is 2.68. The Morgan fingerprint density at radius 3 is 2.63 bits per heavy atom. The lowest BCUT2D eigenvalue weighted by Crippen LogP contribution is -2.14. The van der Waals surface area contributed by atoms with Gasteiger partial charge < -0.3 is 5.32 Å². The zero-order chi connectivity index (χ0) is 21.1. The summed E-state index contributed by atoms with van der Waals surface area (Å²) in [6.45, 7) is 0.548. The molecule has 7 nitrogen and oxygen atoms in total. The van der Waals surface area contributed by atoms with Gasteiger partial charge in [0.05, 0.1) is 6.54 Å². The molecule has 4 rings (SSSR count). The summed E-state index contributed by atoms with van der Waals surface area (Å²) in [7, 11) is -4.07. The van der Waals surface area contributed by atoms with Crippen molar-refractivity contribution in [1.29, 1.82) is 0 Å². The maximum atomic E-state index is 14.5. The first-order chi connectivity index (χ1) is 14.4. The highest BCUT2D eigenvalue weighted by molar-refractivity contribution is 7.93.